The standard InChI is InChI=1S/C32H35N5OS/c1-20-13-14-22(3)28(18-20)37-23(4)19-25(24(37)5)31-30(27-12-8-9-16-33-27)35-32(39)36(31)17-15-29(38)34-26-11-7-6-10-21(26)2/h6-14,16,18-19,30-31H,15,17H2,1-5H3,(H,34,38)(H,35,39)/t30-,31+/m1/s1. The Morgan fingerprint density at radius 2 is 1.74 bits per heavy atom. The number of hydrogen-bond donors (Lipinski definition) is 2. The lowest BCUT2D eigenvalue weighted by Crippen LogP contribution is -2.33. The Bertz CT molecular complexity index is 1530. The van der Waals surface area contributed by atoms with Gasteiger partial charge in [-0.3, -0.25) is 9.78 Å². The van der Waals surface area contributed by atoms with Crippen molar-refractivity contribution in [2.45, 2.75) is 53.1 Å². The number of thiocarbonyl (C=S) groups is 1. The Hall–Kier alpha value is -3.97. The summed E-state index contributed by atoms with van der Waals surface area (Å²) in [5, 5.41) is 7.21. The van der Waals surface area contributed by atoms with Crippen LogP contribution in [0, 0.1) is 34.6 Å². The second kappa shape index (κ2) is 11.0. The van der Waals surface area contributed by atoms with E-state index in [1.807, 2.05) is 55.6 Å². The minimum Gasteiger partial charge on any atom is -0.352 e. The average Bonchev–Trinajstić information content (AvgIpc) is 3.40. The number of carbonyl (C=O) groups is 1. The molecule has 2 atom stereocenters. The summed E-state index contributed by atoms with van der Waals surface area (Å²) in [5.41, 5.74) is 9.92. The monoisotopic (exact) mass is 537 g/mol. The van der Waals surface area contributed by atoms with Crippen molar-refractivity contribution in [3.05, 3.63) is 112 Å². The van der Waals surface area contributed by atoms with E-state index in [1.54, 1.807) is 0 Å². The van der Waals surface area contributed by atoms with Gasteiger partial charge in [0.05, 0.1) is 17.8 Å². The molecule has 200 valence electrons. The lowest BCUT2D eigenvalue weighted by atomic mass is 9.96. The molecule has 0 spiro atoms. The number of benzene rings is 2. The third kappa shape index (κ3) is 5.32. The summed E-state index contributed by atoms with van der Waals surface area (Å²) >= 11 is 5.86. The first-order chi connectivity index (χ1) is 18.7. The fourth-order valence-electron chi connectivity index (χ4n) is 5.55. The normalized spacial score (nSPS) is 16.8. The summed E-state index contributed by atoms with van der Waals surface area (Å²) in [4.78, 5) is 19.8. The van der Waals surface area contributed by atoms with Crippen molar-refractivity contribution in [3.63, 3.8) is 0 Å². The largest absolute Gasteiger partial charge is 0.352 e. The van der Waals surface area contributed by atoms with Crippen molar-refractivity contribution < 1.29 is 4.79 Å². The van der Waals surface area contributed by atoms with Crippen LogP contribution in [0.15, 0.2) is 72.9 Å². The molecule has 1 amide bonds. The van der Waals surface area contributed by atoms with Gasteiger partial charge in [-0.2, -0.15) is 0 Å². The molecular formula is C32H35N5OS. The second-order valence-electron chi connectivity index (χ2n) is 10.4. The Balaban J connectivity index is 1.50. The van der Waals surface area contributed by atoms with Gasteiger partial charge in [0.25, 0.3) is 0 Å². The van der Waals surface area contributed by atoms with Gasteiger partial charge < -0.3 is 20.1 Å². The van der Waals surface area contributed by atoms with Crippen molar-refractivity contribution in [1.29, 1.82) is 0 Å². The van der Waals surface area contributed by atoms with E-state index in [9.17, 15) is 4.79 Å². The maximum absolute atomic E-state index is 13.0. The zero-order chi connectivity index (χ0) is 27.7. The molecular weight excluding hydrogens is 502 g/mol. The van der Waals surface area contributed by atoms with Crippen molar-refractivity contribution >= 4 is 28.9 Å². The van der Waals surface area contributed by atoms with E-state index in [1.165, 1.54) is 22.4 Å². The van der Waals surface area contributed by atoms with Crippen LogP contribution < -0.4 is 10.6 Å². The van der Waals surface area contributed by atoms with E-state index < -0.39 is 0 Å². The van der Waals surface area contributed by atoms with E-state index in [2.05, 4.69) is 77.0 Å². The number of aryl methyl sites for hydroxylation is 4. The van der Waals surface area contributed by atoms with E-state index in [0.717, 1.165) is 28.3 Å². The minimum atomic E-state index is -0.134. The van der Waals surface area contributed by atoms with Crippen LogP contribution in [0.4, 0.5) is 5.69 Å². The van der Waals surface area contributed by atoms with Crippen molar-refractivity contribution in [3.8, 4) is 5.69 Å². The molecule has 0 aliphatic carbocycles. The highest BCUT2D eigenvalue weighted by Gasteiger charge is 2.41. The number of amides is 1. The Morgan fingerprint density at radius 1 is 0.974 bits per heavy atom. The number of para-hydroxylation sites is 1. The van der Waals surface area contributed by atoms with Crippen LogP contribution in [0.2, 0.25) is 0 Å². The number of aromatic nitrogens is 2. The fraction of sp³-hybridized carbons (Fsp3) is 0.281. The average molecular weight is 538 g/mol. The molecule has 0 saturated carbocycles. The molecule has 0 unspecified atom stereocenters. The SMILES string of the molecule is Cc1ccc(C)c(-n2c(C)cc([C@H]3[C@@H](c4ccccn4)NC(=S)N3CCC(=O)Nc3ccccc3C)c2C)c1. The molecule has 1 saturated heterocycles. The zero-order valence-electron chi connectivity index (χ0n) is 23.2. The highest BCUT2D eigenvalue weighted by molar-refractivity contribution is 7.80. The lowest BCUT2D eigenvalue weighted by Gasteiger charge is -2.28. The van der Waals surface area contributed by atoms with Gasteiger partial charge in [-0.25, -0.2) is 0 Å². The van der Waals surface area contributed by atoms with Gasteiger partial charge in [-0.1, -0.05) is 36.4 Å². The number of nitrogens with one attached hydrogen (secondary N) is 2. The molecule has 0 bridgehead atoms. The van der Waals surface area contributed by atoms with E-state index in [4.69, 9.17) is 12.2 Å². The number of hydrogen-bond acceptors (Lipinski definition) is 3. The van der Waals surface area contributed by atoms with Crippen LogP contribution in [0.5, 0.6) is 0 Å². The maximum atomic E-state index is 13.0. The Kier molecular flexibility index (Phi) is 7.53. The summed E-state index contributed by atoms with van der Waals surface area (Å²) in [6, 6.07) is 22.4. The Morgan fingerprint density at radius 3 is 2.49 bits per heavy atom. The molecule has 1 aliphatic heterocycles. The van der Waals surface area contributed by atoms with Crippen LogP contribution >= 0.6 is 12.2 Å². The van der Waals surface area contributed by atoms with Crippen molar-refractivity contribution in [2.24, 2.45) is 0 Å². The van der Waals surface area contributed by atoms with Crippen molar-refractivity contribution in [2.75, 3.05) is 11.9 Å². The van der Waals surface area contributed by atoms with Gasteiger partial charge in [0.15, 0.2) is 5.11 Å². The summed E-state index contributed by atoms with van der Waals surface area (Å²) in [6.07, 6.45) is 2.13. The quantitative estimate of drug-likeness (QED) is 0.267. The summed E-state index contributed by atoms with van der Waals surface area (Å²) in [7, 11) is 0. The van der Waals surface area contributed by atoms with Gasteiger partial charge in [-0.15, -0.1) is 0 Å². The molecule has 0 radical (unpaired) electrons. The maximum Gasteiger partial charge on any atom is 0.226 e. The molecule has 4 aromatic rings. The summed E-state index contributed by atoms with van der Waals surface area (Å²) in [5.74, 6) is -0.0343. The zero-order valence-corrected chi connectivity index (χ0v) is 24.0. The van der Waals surface area contributed by atoms with Crippen LogP contribution in [0.1, 0.15) is 57.8 Å². The number of rotatable bonds is 7. The highest BCUT2D eigenvalue weighted by atomic mass is 32.1. The van der Waals surface area contributed by atoms with Gasteiger partial charge >= 0.3 is 0 Å². The van der Waals surface area contributed by atoms with Gasteiger partial charge in [0, 0.05) is 41.9 Å². The lowest BCUT2D eigenvalue weighted by molar-refractivity contribution is -0.116. The molecule has 6 nitrogen and oxygen atoms in total. The number of pyridine rings is 1. The first-order valence-electron chi connectivity index (χ1n) is 13.3. The minimum absolute atomic E-state index is 0.0343. The van der Waals surface area contributed by atoms with Crippen LogP contribution in [-0.2, 0) is 4.79 Å². The first kappa shape index (κ1) is 26.6. The van der Waals surface area contributed by atoms with E-state index >= 15 is 0 Å². The number of carbonyl (C=O) groups excluding carboxylic acids is 1. The molecule has 1 aliphatic rings. The predicted molar refractivity (Wildman–Crippen MR) is 161 cm³/mol. The van der Waals surface area contributed by atoms with Crippen molar-refractivity contribution in [1.82, 2.24) is 19.8 Å². The van der Waals surface area contributed by atoms with Crippen LogP contribution in [0.25, 0.3) is 5.69 Å². The summed E-state index contributed by atoms with van der Waals surface area (Å²) in [6.45, 7) is 11.1. The van der Waals surface area contributed by atoms with Gasteiger partial charge in [-0.05, 0) is 99.4 Å². The highest BCUT2D eigenvalue weighted by Crippen LogP contribution is 2.41. The third-order valence-electron chi connectivity index (χ3n) is 7.59. The molecule has 2 N–H and O–H groups in total. The molecule has 5 rings (SSSR count). The van der Waals surface area contributed by atoms with E-state index in [-0.39, 0.29) is 18.0 Å². The van der Waals surface area contributed by atoms with Crippen LogP contribution in [0.3, 0.4) is 0 Å². The van der Waals surface area contributed by atoms with Gasteiger partial charge in [0.1, 0.15) is 0 Å². The molecule has 2 aromatic carbocycles. The van der Waals surface area contributed by atoms with Gasteiger partial charge in [0.2, 0.25) is 5.91 Å². The number of nitrogens with zero attached hydrogens (tertiary/aromatic N) is 3. The molecule has 1 fully saturated rings. The topological polar surface area (TPSA) is 62.2 Å². The third-order valence-corrected chi connectivity index (χ3v) is 7.94. The first-order valence-corrected chi connectivity index (χ1v) is 13.8. The summed E-state index contributed by atoms with van der Waals surface area (Å²) < 4.78 is 2.33. The fourth-order valence-corrected chi connectivity index (χ4v) is 5.88. The molecule has 7 heteroatoms. The molecule has 39 heavy (non-hydrogen) atoms. The molecule has 3 heterocycles. The smallest absolute Gasteiger partial charge is 0.226 e. The second-order valence-corrected chi connectivity index (χ2v) is 10.8. The predicted octanol–water partition coefficient (Wildman–Crippen LogP) is 6.42. The van der Waals surface area contributed by atoms with E-state index in [0.29, 0.717) is 18.1 Å². The van der Waals surface area contributed by atoms with Crippen LogP contribution in [-0.4, -0.2) is 32.0 Å². The number of anilines is 1. The Labute approximate surface area is 236 Å². The molecule has 2 aromatic heterocycles.